The van der Waals surface area contributed by atoms with Gasteiger partial charge in [-0.3, -0.25) is 9.89 Å². The average molecular weight is 367 g/mol. The highest BCUT2D eigenvalue weighted by Gasteiger charge is 2.43. The molecule has 0 radical (unpaired) electrons. The number of H-pyrrole nitrogens is 1. The number of fused-ring (bicyclic) bond motifs is 1. The monoisotopic (exact) mass is 367 g/mol. The Hall–Kier alpha value is -3.19. The predicted octanol–water partition coefficient (Wildman–Crippen LogP) is 2.85. The van der Waals surface area contributed by atoms with Gasteiger partial charge in [0.1, 0.15) is 23.0 Å². The third-order valence-corrected chi connectivity index (χ3v) is 4.78. The van der Waals surface area contributed by atoms with Crippen LogP contribution in [-0.2, 0) is 0 Å². The van der Waals surface area contributed by atoms with Crippen molar-refractivity contribution in [2.75, 3.05) is 13.2 Å². The largest absolute Gasteiger partial charge is 0.507 e. The molecule has 27 heavy (non-hydrogen) atoms. The highest BCUT2D eigenvalue weighted by molar-refractivity contribution is 6.00. The Kier molecular flexibility index (Phi) is 4.37. The van der Waals surface area contributed by atoms with E-state index < -0.39 is 11.9 Å². The van der Waals surface area contributed by atoms with Gasteiger partial charge in [-0.25, -0.2) is 4.39 Å². The van der Waals surface area contributed by atoms with Gasteiger partial charge in [-0.15, -0.1) is 0 Å². The number of aromatic nitrogens is 2. The Balaban J connectivity index is 1.91. The Morgan fingerprint density at radius 1 is 1.15 bits per heavy atom. The fourth-order valence-electron chi connectivity index (χ4n) is 3.57. The van der Waals surface area contributed by atoms with Crippen LogP contribution >= 0.6 is 0 Å². The van der Waals surface area contributed by atoms with Crippen LogP contribution in [0.5, 0.6) is 5.75 Å². The molecule has 0 spiro atoms. The first-order valence-electron chi connectivity index (χ1n) is 8.66. The lowest BCUT2D eigenvalue weighted by atomic mass is 9.95. The summed E-state index contributed by atoms with van der Waals surface area (Å²) in [4.78, 5) is 14.4. The van der Waals surface area contributed by atoms with Crippen molar-refractivity contribution < 1.29 is 19.4 Å². The molecule has 1 aliphatic heterocycles. The number of rotatable bonds is 5. The minimum Gasteiger partial charge on any atom is -0.507 e. The molecule has 1 atom stereocenters. The topological polar surface area (TPSA) is 89.5 Å². The fourth-order valence-corrected chi connectivity index (χ4v) is 3.57. The maximum absolute atomic E-state index is 14.6. The average Bonchev–Trinajstić information content (AvgIpc) is 3.20. The molecule has 7 heteroatoms. The van der Waals surface area contributed by atoms with Gasteiger partial charge in [0.05, 0.1) is 6.04 Å². The number of hydrogen-bond donors (Lipinski definition) is 3. The number of aromatic amines is 1. The minimum atomic E-state index is -0.686. The van der Waals surface area contributed by atoms with Crippen molar-refractivity contribution in [1.82, 2.24) is 15.1 Å². The van der Waals surface area contributed by atoms with Gasteiger partial charge in [0.25, 0.3) is 5.91 Å². The van der Waals surface area contributed by atoms with E-state index in [4.69, 9.17) is 0 Å². The molecule has 6 nitrogen and oxygen atoms in total. The second-order valence-corrected chi connectivity index (χ2v) is 6.38. The van der Waals surface area contributed by atoms with Gasteiger partial charge in [0.15, 0.2) is 0 Å². The summed E-state index contributed by atoms with van der Waals surface area (Å²) in [6.07, 6.45) is 0.375. The van der Waals surface area contributed by atoms with Crippen LogP contribution in [0.25, 0.3) is 11.3 Å². The van der Waals surface area contributed by atoms with Crippen molar-refractivity contribution in [3.05, 3.63) is 71.2 Å². The van der Waals surface area contributed by atoms with Gasteiger partial charge in [-0.05, 0) is 24.6 Å². The maximum Gasteiger partial charge on any atom is 0.273 e. The number of aromatic hydroxyl groups is 1. The van der Waals surface area contributed by atoms with Crippen LogP contribution in [0.4, 0.5) is 4.39 Å². The molecule has 1 amide bonds. The molecule has 0 fully saturated rings. The number of aliphatic hydroxyl groups excluding tert-OH is 1. The zero-order valence-corrected chi connectivity index (χ0v) is 14.4. The van der Waals surface area contributed by atoms with E-state index in [1.165, 1.54) is 17.0 Å². The minimum absolute atomic E-state index is 0.0281. The van der Waals surface area contributed by atoms with Crippen molar-refractivity contribution in [3.8, 4) is 17.0 Å². The summed E-state index contributed by atoms with van der Waals surface area (Å²) in [5, 5.41) is 26.4. The summed E-state index contributed by atoms with van der Waals surface area (Å²) in [6, 6.07) is 12.3. The van der Waals surface area contributed by atoms with Crippen molar-refractivity contribution in [2.24, 2.45) is 0 Å². The number of nitrogens with zero attached hydrogens (tertiary/aromatic N) is 2. The molecule has 0 aliphatic carbocycles. The lowest BCUT2D eigenvalue weighted by Gasteiger charge is -2.26. The highest BCUT2D eigenvalue weighted by atomic mass is 19.1. The molecular formula is C20H18FN3O3. The van der Waals surface area contributed by atoms with Crippen LogP contribution < -0.4 is 0 Å². The lowest BCUT2D eigenvalue weighted by molar-refractivity contribution is 0.0730. The van der Waals surface area contributed by atoms with E-state index in [1.54, 1.807) is 36.4 Å². The van der Waals surface area contributed by atoms with Crippen molar-refractivity contribution in [1.29, 1.82) is 0 Å². The summed E-state index contributed by atoms with van der Waals surface area (Å²) >= 11 is 0. The molecule has 3 aromatic rings. The quantitative estimate of drug-likeness (QED) is 0.647. The van der Waals surface area contributed by atoms with Crippen LogP contribution in [0.1, 0.15) is 34.1 Å². The molecule has 138 valence electrons. The number of phenolic OH excluding ortho intramolecular Hbond substituents is 1. The third-order valence-electron chi connectivity index (χ3n) is 4.78. The van der Waals surface area contributed by atoms with E-state index in [0.717, 1.165) is 0 Å². The Labute approximate surface area is 154 Å². The van der Waals surface area contributed by atoms with E-state index >= 15 is 0 Å². The van der Waals surface area contributed by atoms with Crippen molar-refractivity contribution in [3.63, 3.8) is 0 Å². The van der Waals surface area contributed by atoms with Gasteiger partial charge in [0.2, 0.25) is 0 Å². The summed E-state index contributed by atoms with van der Waals surface area (Å²) in [7, 11) is 0. The van der Waals surface area contributed by atoms with E-state index in [0.29, 0.717) is 28.8 Å². The van der Waals surface area contributed by atoms with E-state index in [9.17, 15) is 19.4 Å². The van der Waals surface area contributed by atoms with Crippen LogP contribution in [0.15, 0.2) is 48.5 Å². The summed E-state index contributed by atoms with van der Waals surface area (Å²) < 4.78 is 14.6. The van der Waals surface area contributed by atoms with Crippen molar-refractivity contribution >= 4 is 5.91 Å². The molecular weight excluding hydrogens is 349 g/mol. The number of amides is 1. The van der Waals surface area contributed by atoms with Crippen LogP contribution in [0.2, 0.25) is 0 Å². The maximum atomic E-state index is 14.6. The summed E-state index contributed by atoms with van der Waals surface area (Å²) in [6.45, 7) is 0.198. The van der Waals surface area contributed by atoms with Gasteiger partial charge >= 0.3 is 0 Å². The predicted molar refractivity (Wildman–Crippen MR) is 96.7 cm³/mol. The van der Waals surface area contributed by atoms with E-state index in [-0.39, 0.29) is 30.5 Å². The van der Waals surface area contributed by atoms with Gasteiger partial charge < -0.3 is 15.1 Å². The number of benzene rings is 2. The molecule has 1 aromatic heterocycles. The Morgan fingerprint density at radius 2 is 1.89 bits per heavy atom. The highest BCUT2D eigenvalue weighted by Crippen LogP contribution is 2.44. The summed E-state index contributed by atoms with van der Waals surface area (Å²) in [5.74, 6) is -0.706. The number of halogens is 1. The van der Waals surface area contributed by atoms with Crippen molar-refractivity contribution in [2.45, 2.75) is 12.5 Å². The van der Waals surface area contributed by atoms with E-state index in [1.807, 2.05) is 0 Å². The number of aliphatic hydroxyl groups is 1. The second kappa shape index (κ2) is 6.85. The molecule has 0 saturated heterocycles. The number of hydrogen-bond acceptors (Lipinski definition) is 4. The second-order valence-electron chi connectivity index (χ2n) is 6.38. The zero-order valence-electron chi connectivity index (χ0n) is 14.4. The first-order chi connectivity index (χ1) is 13.1. The molecule has 2 heterocycles. The lowest BCUT2D eigenvalue weighted by Crippen LogP contribution is -2.31. The smallest absolute Gasteiger partial charge is 0.273 e. The summed E-state index contributed by atoms with van der Waals surface area (Å²) in [5.41, 5.74) is 2.04. The molecule has 3 N–H and O–H groups in total. The first kappa shape index (κ1) is 17.2. The number of nitrogens with one attached hydrogen (secondary N) is 1. The molecule has 0 bridgehead atoms. The Morgan fingerprint density at radius 3 is 2.63 bits per heavy atom. The van der Waals surface area contributed by atoms with Gasteiger partial charge in [0, 0.05) is 29.8 Å². The number of phenols is 1. The standard InChI is InChI=1S/C20H18FN3O3/c21-14-8-3-1-6-12(14)19-16-17(13-7-2-4-9-15(13)26)22-23-18(16)20(27)24(19)10-5-11-25/h1-4,6-9,19,25-26H,5,10-11H2,(H,22,23). The van der Waals surface area contributed by atoms with Gasteiger partial charge in [-0.1, -0.05) is 30.3 Å². The third kappa shape index (κ3) is 2.76. The SMILES string of the molecule is O=C1c2[nH]nc(-c3ccccc3O)c2C(c2ccccc2F)N1CCCO. The number of carbonyl (C=O) groups is 1. The fraction of sp³-hybridized carbons (Fsp3) is 0.200. The number of para-hydroxylation sites is 1. The molecule has 1 aliphatic rings. The van der Waals surface area contributed by atoms with Crippen LogP contribution in [-0.4, -0.2) is 44.4 Å². The number of carbonyl (C=O) groups excluding carboxylic acids is 1. The van der Waals surface area contributed by atoms with Crippen LogP contribution in [0.3, 0.4) is 0 Å². The first-order valence-corrected chi connectivity index (χ1v) is 8.66. The zero-order chi connectivity index (χ0) is 19.0. The molecule has 0 saturated carbocycles. The van der Waals surface area contributed by atoms with Gasteiger partial charge in [-0.2, -0.15) is 5.10 Å². The molecule has 4 rings (SSSR count). The molecule has 2 aromatic carbocycles. The van der Waals surface area contributed by atoms with Crippen LogP contribution in [0, 0.1) is 5.82 Å². The van der Waals surface area contributed by atoms with E-state index in [2.05, 4.69) is 10.2 Å². The Bertz CT molecular complexity index is 1000. The molecule has 1 unspecified atom stereocenters. The normalized spacial score (nSPS) is 16.0.